The Hall–Kier alpha value is -1.86. The van der Waals surface area contributed by atoms with E-state index in [9.17, 15) is 4.79 Å². The molecule has 6 nitrogen and oxygen atoms in total. The van der Waals surface area contributed by atoms with Crippen LogP contribution in [0.2, 0.25) is 0 Å². The zero-order valence-corrected chi connectivity index (χ0v) is 20.1. The molecule has 2 aromatic rings. The highest BCUT2D eigenvalue weighted by Gasteiger charge is 2.22. The molecule has 0 spiro atoms. The minimum Gasteiger partial charge on any atom is -0.325 e. The largest absolute Gasteiger partial charge is 0.325 e. The van der Waals surface area contributed by atoms with Crippen LogP contribution in [0.25, 0.3) is 0 Å². The molecule has 1 heterocycles. The minimum atomic E-state index is -0.0254. The molecule has 1 N–H and O–H groups in total. The molecule has 166 valence electrons. The predicted molar refractivity (Wildman–Crippen MR) is 126 cm³/mol. The molecule has 7 heteroatoms. The Labute approximate surface area is 185 Å². The third-order valence-corrected chi connectivity index (χ3v) is 6.46. The molecule has 0 unspecified atom stereocenters. The van der Waals surface area contributed by atoms with E-state index in [0.29, 0.717) is 11.7 Å². The summed E-state index contributed by atoms with van der Waals surface area (Å²) in [5.74, 6) is 1.81. The van der Waals surface area contributed by atoms with Crippen LogP contribution in [0.5, 0.6) is 0 Å². The van der Waals surface area contributed by atoms with Crippen LogP contribution in [0.1, 0.15) is 76.7 Å². The molecule has 2 atom stereocenters. The Morgan fingerprint density at radius 2 is 1.83 bits per heavy atom. The van der Waals surface area contributed by atoms with Crippen LogP contribution in [-0.4, -0.2) is 45.4 Å². The zero-order valence-electron chi connectivity index (χ0n) is 19.3. The van der Waals surface area contributed by atoms with Gasteiger partial charge in [0.25, 0.3) is 0 Å². The molecule has 1 amide bonds. The third-order valence-electron chi connectivity index (χ3n) is 5.50. The summed E-state index contributed by atoms with van der Waals surface area (Å²) in [6.07, 6.45) is 4.25. The summed E-state index contributed by atoms with van der Waals surface area (Å²) in [6, 6.07) is 8.37. The summed E-state index contributed by atoms with van der Waals surface area (Å²) in [7, 11) is 4.14. The monoisotopic (exact) mass is 431 g/mol. The number of nitrogens with one attached hydrogen (secondary N) is 1. The van der Waals surface area contributed by atoms with Gasteiger partial charge in [-0.15, -0.1) is 10.2 Å². The fourth-order valence-corrected chi connectivity index (χ4v) is 4.19. The van der Waals surface area contributed by atoms with Crippen LogP contribution in [-0.2, 0) is 11.3 Å². The smallest absolute Gasteiger partial charge is 0.234 e. The normalized spacial score (nSPS) is 13.4. The summed E-state index contributed by atoms with van der Waals surface area (Å²) in [5, 5.41) is 12.7. The van der Waals surface area contributed by atoms with E-state index < -0.39 is 0 Å². The number of benzene rings is 1. The molecule has 0 aliphatic heterocycles. The van der Waals surface area contributed by atoms with Crippen LogP contribution >= 0.6 is 11.8 Å². The van der Waals surface area contributed by atoms with Gasteiger partial charge >= 0.3 is 0 Å². The molecular weight excluding hydrogens is 394 g/mol. The number of anilines is 1. The van der Waals surface area contributed by atoms with Gasteiger partial charge in [-0.1, -0.05) is 58.0 Å². The van der Waals surface area contributed by atoms with Gasteiger partial charge in [-0.2, -0.15) is 0 Å². The molecule has 0 radical (unpaired) electrons. The van der Waals surface area contributed by atoms with E-state index in [2.05, 4.69) is 78.9 Å². The lowest BCUT2D eigenvalue weighted by Crippen LogP contribution is -2.23. The van der Waals surface area contributed by atoms with Crippen LogP contribution in [0, 0.1) is 0 Å². The maximum Gasteiger partial charge on any atom is 0.234 e. The maximum atomic E-state index is 12.5. The topological polar surface area (TPSA) is 63.1 Å². The van der Waals surface area contributed by atoms with Crippen molar-refractivity contribution in [1.82, 2.24) is 19.7 Å². The molecule has 0 saturated heterocycles. The molecular formula is C23H37N5OS. The summed E-state index contributed by atoms with van der Waals surface area (Å²) >= 11 is 1.46. The number of amides is 1. The summed E-state index contributed by atoms with van der Waals surface area (Å²) in [6.45, 7) is 9.62. The molecule has 0 aliphatic carbocycles. The highest BCUT2D eigenvalue weighted by atomic mass is 32.2. The lowest BCUT2D eigenvalue weighted by atomic mass is 9.99. The van der Waals surface area contributed by atoms with Crippen molar-refractivity contribution in [3.8, 4) is 0 Å². The first-order valence-corrected chi connectivity index (χ1v) is 12.0. The number of rotatable bonds is 12. The quantitative estimate of drug-likeness (QED) is 0.460. The highest BCUT2D eigenvalue weighted by Crippen LogP contribution is 2.26. The molecule has 0 bridgehead atoms. The number of unbranched alkanes of at least 4 members (excludes halogenated alkanes) is 1. The second-order valence-corrected chi connectivity index (χ2v) is 8.94. The first-order valence-electron chi connectivity index (χ1n) is 11.0. The number of hydrogen-bond donors (Lipinski definition) is 1. The van der Waals surface area contributed by atoms with E-state index in [-0.39, 0.29) is 11.9 Å². The number of thioether (sulfide) groups is 1. The molecule has 0 fully saturated rings. The van der Waals surface area contributed by atoms with Gasteiger partial charge in [0, 0.05) is 12.2 Å². The summed E-state index contributed by atoms with van der Waals surface area (Å²) in [5.41, 5.74) is 2.13. The van der Waals surface area contributed by atoms with Crippen LogP contribution in [0.3, 0.4) is 0 Å². The van der Waals surface area contributed by atoms with Gasteiger partial charge in [0.1, 0.15) is 0 Å². The fraction of sp³-hybridized carbons (Fsp3) is 0.609. The third kappa shape index (κ3) is 6.57. The van der Waals surface area contributed by atoms with Crippen molar-refractivity contribution in [3.05, 3.63) is 35.7 Å². The number of hydrogen-bond acceptors (Lipinski definition) is 5. The van der Waals surface area contributed by atoms with E-state index in [1.165, 1.54) is 17.3 Å². The van der Waals surface area contributed by atoms with Crippen molar-refractivity contribution >= 4 is 23.4 Å². The van der Waals surface area contributed by atoms with E-state index in [4.69, 9.17) is 0 Å². The molecule has 30 heavy (non-hydrogen) atoms. The van der Waals surface area contributed by atoms with Crippen molar-refractivity contribution in [1.29, 1.82) is 0 Å². The van der Waals surface area contributed by atoms with Gasteiger partial charge in [0.05, 0.1) is 11.8 Å². The van der Waals surface area contributed by atoms with Gasteiger partial charge < -0.3 is 9.88 Å². The first kappa shape index (κ1) is 24.4. The van der Waals surface area contributed by atoms with Gasteiger partial charge in [-0.3, -0.25) is 9.69 Å². The number of carbonyl (C=O) groups is 1. The molecule has 0 saturated carbocycles. The first-order chi connectivity index (χ1) is 14.4. The Balaban J connectivity index is 2.03. The Morgan fingerprint density at radius 1 is 1.13 bits per heavy atom. The van der Waals surface area contributed by atoms with E-state index >= 15 is 0 Å². The van der Waals surface area contributed by atoms with Gasteiger partial charge in [-0.25, -0.2) is 0 Å². The Morgan fingerprint density at radius 3 is 2.40 bits per heavy atom. The predicted octanol–water partition coefficient (Wildman–Crippen LogP) is 5.34. The standard InChI is InChI=1S/C23H37N5OS/c1-7-10-15-28-22(20(9-3)27(5)6)25-26-23(28)30-16-21(29)24-19-13-11-18(12-14-19)17(4)8-2/h11-14,17,20H,7-10,15-16H2,1-6H3,(H,24,29)/t17-,20-/m0/s1. The van der Waals surface area contributed by atoms with Crippen molar-refractivity contribution in [2.75, 3.05) is 25.2 Å². The van der Waals surface area contributed by atoms with Crippen molar-refractivity contribution < 1.29 is 4.79 Å². The second kappa shape index (κ2) is 12.1. The van der Waals surface area contributed by atoms with Crippen LogP contribution < -0.4 is 5.32 Å². The molecule has 1 aromatic heterocycles. The van der Waals surface area contributed by atoms with E-state index in [1.807, 2.05) is 12.1 Å². The Bertz CT molecular complexity index is 787. The fourth-order valence-electron chi connectivity index (χ4n) is 3.42. The Kier molecular flexibility index (Phi) is 9.85. The molecule has 0 aliphatic rings. The van der Waals surface area contributed by atoms with E-state index in [1.54, 1.807) is 0 Å². The van der Waals surface area contributed by atoms with Crippen molar-refractivity contribution in [2.45, 2.75) is 77.0 Å². The summed E-state index contributed by atoms with van der Waals surface area (Å²) < 4.78 is 2.19. The van der Waals surface area contributed by atoms with E-state index in [0.717, 1.165) is 48.9 Å². The second-order valence-electron chi connectivity index (χ2n) is 8.00. The number of aromatic nitrogens is 3. The molecule has 2 rings (SSSR count). The lowest BCUT2D eigenvalue weighted by Gasteiger charge is -2.23. The average Bonchev–Trinajstić information content (AvgIpc) is 3.13. The number of carbonyl (C=O) groups excluding carboxylic acids is 1. The SMILES string of the molecule is CCCCn1c(SCC(=O)Nc2ccc([C@@H](C)CC)cc2)nnc1[C@H](CC)N(C)C. The van der Waals surface area contributed by atoms with Gasteiger partial charge in [0.2, 0.25) is 5.91 Å². The average molecular weight is 432 g/mol. The van der Waals surface area contributed by atoms with Crippen LogP contribution in [0.4, 0.5) is 5.69 Å². The summed E-state index contributed by atoms with van der Waals surface area (Å²) in [4.78, 5) is 14.7. The van der Waals surface area contributed by atoms with Crippen molar-refractivity contribution in [2.24, 2.45) is 0 Å². The minimum absolute atomic E-state index is 0.0254. The van der Waals surface area contributed by atoms with Gasteiger partial charge in [-0.05, 0) is 57.0 Å². The number of nitrogens with zero attached hydrogens (tertiary/aromatic N) is 4. The van der Waals surface area contributed by atoms with Gasteiger partial charge in [0.15, 0.2) is 11.0 Å². The highest BCUT2D eigenvalue weighted by molar-refractivity contribution is 7.99. The zero-order chi connectivity index (χ0) is 22.1. The lowest BCUT2D eigenvalue weighted by molar-refractivity contribution is -0.113. The molecule has 1 aromatic carbocycles. The van der Waals surface area contributed by atoms with Crippen molar-refractivity contribution in [3.63, 3.8) is 0 Å². The maximum absolute atomic E-state index is 12.5. The van der Waals surface area contributed by atoms with Crippen LogP contribution in [0.15, 0.2) is 29.4 Å².